The van der Waals surface area contributed by atoms with E-state index in [1.165, 1.54) is 0 Å². The highest BCUT2D eigenvalue weighted by atomic mass is 16.4. The summed E-state index contributed by atoms with van der Waals surface area (Å²) in [5.41, 5.74) is -0.743. The lowest BCUT2D eigenvalue weighted by molar-refractivity contribution is -0.212. The minimum absolute atomic E-state index is 0.00393. The average Bonchev–Trinajstić information content (AvgIpc) is 2.62. The van der Waals surface area contributed by atoms with Crippen LogP contribution in [0.4, 0.5) is 0 Å². The predicted octanol–water partition coefficient (Wildman–Crippen LogP) is 5.20. The van der Waals surface area contributed by atoms with Crippen molar-refractivity contribution in [3.05, 3.63) is 11.6 Å². The highest BCUT2D eigenvalue weighted by Crippen LogP contribution is 2.71. The Morgan fingerprint density at radius 3 is 2.34 bits per heavy atom. The van der Waals surface area contributed by atoms with Crippen molar-refractivity contribution >= 4 is 17.5 Å². The fourth-order valence-corrected chi connectivity index (χ4v) is 8.49. The van der Waals surface area contributed by atoms with Gasteiger partial charge in [0.15, 0.2) is 5.78 Å². The Balaban J connectivity index is 1.84. The topological polar surface area (TPSA) is 71.4 Å². The maximum atomic E-state index is 13.6. The zero-order valence-electron chi connectivity index (χ0n) is 18.6. The third-order valence-electron chi connectivity index (χ3n) is 9.97. The number of ketones is 2. The zero-order chi connectivity index (χ0) is 21.4. The first kappa shape index (κ1) is 20.8. The van der Waals surface area contributed by atoms with Crippen molar-refractivity contribution in [2.75, 3.05) is 0 Å². The summed E-state index contributed by atoms with van der Waals surface area (Å²) in [7, 11) is 0. The minimum atomic E-state index is -0.795. The highest BCUT2D eigenvalue weighted by molar-refractivity contribution is 5.96. The molecule has 0 bridgehead atoms. The Bertz CT molecular complexity index is 808. The average molecular weight is 401 g/mol. The minimum Gasteiger partial charge on any atom is -0.481 e. The number of carbonyl (C=O) groups excluding carboxylic acids is 2. The van der Waals surface area contributed by atoms with Gasteiger partial charge in [0.25, 0.3) is 0 Å². The first-order chi connectivity index (χ1) is 13.4. The third-order valence-corrected chi connectivity index (χ3v) is 9.97. The van der Waals surface area contributed by atoms with Crippen LogP contribution in [0.15, 0.2) is 11.6 Å². The number of fused-ring (bicyclic) bond motifs is 5. The number of aliphatic carboxylic acids is 1. The second kappa shape index (κ2) is 6.28. The number of carbonyl (C=O) groups is 3. The van der Waals surface area contributed by atoms with E-state index in [-0.39, 0.29) is 40.2 Å². The summed E-state index contributed by atoms with van der Waals surface area (Å²) in [6.45, 7) is 10.4. The van der Waals surface area contributed by atoms with Crippen LogP contribution in [0.3, 0.4) is 0 Å². The quantitative estimate of drug-likeness (QED) is 0.691. The van der Waals surface area contributed by atoms with E-state index in [0.29, 0.717) is 25.7 Å². The van der Waals surface area contributed by atoms with Crippen molar-refractivity contribution in [2.24, 2.45) is 39.4 Å². The van der Waals surface area contributed by atoms with Crippen molar-refractivity contribution in [1.82, 2.24) is 0 Å². The van der Waals surface area contributed by atoms with Crippen LogP contribution in [0.25, 0.3) is 0 Å². The smallest absolute Gasteiger partial charge is 0.310 e. The van der Waals surface area contributed by atoms with Gasteiger partial charge in [-0.15, -0.1) is 0 Å². The van der Waals surface area contributed by atoms with E-state index in [9.17, 15) is 19.5 Å². The van der Waals surface area contributed by atoms with E-state index in [1.807, 2.05) is 13.0 Å². The molecular weight excluding hydrogens is 364 g/mol. The van der Waals surface area contributed by atoms with Crippen LogP contribution < -0.4 is 0 Å². The molecule has 4 aliphatic carbocycles. The van der Waals surface area contributed by atoms with Gasteiger partial charge in [-0.3, -0.25) is 14.4 Å². The molecule has 0 aromatic heterocycles. The Labute approximate surface area is 174 Å². The van der Waals surface area contributed by atoms with Gasteiger partial charge in [0, 0.05) is 11.8 Å². The van der Waals surface area contributed by atoms with E-state index in [4.69, 9.17) is 0 Å². The largest absolute Gasteiger partial charge is 0.481 e. The molecule has 3 saturated carbocycles. The Morgan fingerprint density at radius 2 is 1.72 bits per heavy atom. The number of carboxylic acids is 1. The molecule has 4 rings (SSSR count). The second-order valence-corrected chi connectivity index (χ2v) is 11.6. The van der Waals surface area contributed by atoms with Gasteiger partial charge in [-0.2, -0.15) is 0 Å². The Kier molecular flexibility index (Phi) is 4.50. The van der Waals surface area contributed by atoms with Crippen molar-refractivity contribution in [3.63, 3.8) is 0 Å². The third kappa shape index (κ3) is 2.59. The Morgan fingerprint density at radius 1 is 1.03 bits per heavy atom. The van der Waals surface area contributed by atoms with Crippen LogP contribution in [-0.4, -0.2) is 22.6 Å². The number of carboxylic acid groups (broad SMARTS) is 1. The molecule has 0 heterocycles. The molecule has 0 radical (unpaired) electrons. The Hall–Kier alpha value is -1.45. The monoisotopic (exact) mass is 400 g/mol. The first-order valence-corrected chi connectivity index (χ1v) is 11.4. The van der Waals surface area contributed by atoms with E-state index in [2.05, 4.69) is 20.8 Å². The van der Waals surface area contributed by atoms with Crippen LogP contribution in [0.1, 0.15) is 86.0 Å². The van der Waals surface area contributed by atoms with Gasteiger partial charge in [0.2, 0.25) is 0 Å². The van der Waals surface area contributed by atoms with Gasteiger partial charge in [0.05, 0.1) is 5.41 Å². The fraction of sp³-hybridized carbons (Fsp3) is 0.800. The normalized spacial score (nSPS) is 46.0. The predicted molar refractivity (Wildman–Crippen MR) is 111 cm³/mol. The molecule has 0 aromatic rings. The first-order valence-electron chi connectivity index (χ1n) is 11.4. The fourth-order valence-electron chi connectivity index (χ4n) is 8.49. The molecule has 0 aromatic carbocycles. The zero-order valence-corrected chi connectivity index (χ0v) is 18.6. The number of allylic oxidation sites excluding steroid dienone is 2. The molecule has 29 heavy (non-hydrogen) atoms. The van der Waals surface area contributed by atoms with Crippen LogP contribution in [-0.2, 0) is 14.4 Å². The molecule has 3 fully saturated rings. The molecule has 160 valence electrons. The molecule has 4 aliphatic rings. The van der Waals surface area contributed by atoms with Crippen LogP contribution in [0, 0.1) is 39.4 Å². The van der Waals surface area contributed by atoms with Crippen LogP contribution >= 0.6 is 0 Å². The molecule has 0 spiro atoms. The van der Waals surface area contributed by atoms with E-state index in [1.54, 1.807) is 6.92 Å². The summed E-state index contributed by atoms with van der Waals surface area (Å²) in [5, 5.41) is 10.6. The summed E-state index contributed by atoms with van der Waals surface area (Å²) >= 11 is 0. The SMILES string of the molecule is CC(=O)C1=CCC2C(C)(C1)C(=O)CC1C2(C)CCC2C(C)(C)CCCC21C(=O)O. The standard InChI is InChI=1S/C25H36O4/c1-15(26)16-7-8-18-23(4)12-9-17-22(2,3)10-6-11-25(17,21(28)29)19(23)13-20(27)24(18,5)14-16/h7,17-19H,6,8-14H2,1-5H3,(H,28,29). The van der Waals surface area contributed by atoms with Crippen LogP contribution in [0.5, 0.6) is 0 Å². The number of hydrogen-bond donors (Lipinski definition) is 1. The van der Waals surface area contributed by atoms with Crippen molar-refractivity contribution < 1.29 is 19.5 Å². The molecule has 4 nitrogen and oxygen atoms in total. The molecule has 0 saturated heterocycles. The summed E-state index contributed by atoms with van der Waals surface area (Å²) in [4.78, 5) is 38.5. The highest BCUT2D eigenvalue weighted by Gasteiger charge is 2.70. The van der Waals surface area contributed by atoms with E-state index in [0.717, 1.165) is 31.3 Å². The number of hydrogen-bond acceptors (Lipinski definition) is 3. The molecular formula is C25H36O4. The van der Waals surface area contributed by atoms with Gasteiger partial charge in [0.1, 0.15) is 5.78 Å². The lowest BCUT2D eigenvalue weighted by Gasteiger charge is -2.67. The molecule has 0 aliphatic heterocycles. The van der Waals surface area contributed by atoms with Crippen molar-refractivity contribution in [3.8, 4) is 0 Å². The van der Waals surface area contributed by atoms with E-state index < -0.39 is 16.8 Å². The van der Waals surface area contributed by atoms with Gasteiger partial charge in [-0.1, -0.05) is 40.2 Å². The van der Waals surface area contributed by atoms with Crippen LogP contribution in [0.2, 0.25) is 0 Å². The lowest BCUT2D eigenvalue weighted by Crippen LogP contribution is -2.66. The molecule has 1 N–H and O–H groups in total. The summed E-state index contributed by atoms with van der Waals surface area (Å²) in [6.07, 6.45) is 8.23. The molecule has 4 heteroatoms. The van der Waals surface area contributed by atoms with E-state index >= 15 is 0 Å². The van der Waals surface area contributed by atoms with Crippen molar-refractivity contribution in [1.29, 1.82) is 0 Å². The number of Topliss-reactive ketones (excluding diaryl/α,β-unsaturated/α-hetero) is 2. The second-order valence-electron chi connectivity index (χ2n) is 11.6. The maximum Gasteiger partial charge on any atom is 0.310 e. The summed E-state index contributed by atoms with van der Waals surface area (Å²) in [5.74, 6) is -0.303. The molecule has 0 amide bonds. The van der Waals surface area contributed by atoms with Gasteiger partial charge < -0.3 is 5.11 Å². The number of rotatable bonds is 2. The summed E-state index contributed by atoms with van der Waals surface area (Å²) in [6, 6.07) is 0. The van der Waals surface area contributed by atoms with Gasteiger partial charge in [-0.05, 0) is 79.6 Å². The summed E-state index contributed by atoms with van der Waals surface area (Å²) < 4.78 is 0. The van der Waals surface area contributed by atoms with Gasteiger partial charge in [-0.25, -0.2) is 0 Å². The van der Waals surface area contributed by atoms with Crippen molar-refractivity contribution in [2.45, 2.75) is 86.0 Å². The van der Waals surface area contributed by atoms with Gasteiger partial charge >= 0.3 is 5.97 Å². The maximum absolute atomic E-state index is 13.6. The molecule has 6 unspecified atom stereocenters. The lowest BCUT2D eigenvalue weighted by atomic mass is 9.35. The molecule has 6 atom stereocenters.